The standard InChI is InChI=1S/C15H22N4OS/c1-9-8-11(12(13(16)21)10(2)17-9)19-7-6-18(5)14(20)15(19,3)4/h8H,6-7H2,1-5H3,(H2,16,21). The van der Waals surface area contributed by atoms with Crippen LogP contribution in [0, 0.1) is 13.8 Å². The van der Waals surface area contributed by atoms with Crippen LogP contribution < -0.4 is 10.6 Å². The highest BCUT2D eigenvalue weighted by Crippen LogP contribution is 2.32. The van der Waals surface area contributed by atoms with Crippen LogP contribution in [0.25, 0.3) is 0 Å². The number of thiocarbonyl (C=S) groups is 1. The first-order chi connectivity index (χ1) is 9.66. The van der Waals surface area contributed by atoms with E-state index in [0.717, 1.165) is 29.2 Å². The lowest BCUT2D eigenvalue weighted by atomic mass is 9.95. The molecule has 5 nitrogen and oxygen atoms in total. The van der Waals surface area contributed by atoms with Gasteiger partial charge in [0.25, 0.3) is 0 Å². The molecule has 0 radical (unpaired) electrons. The Labute approximate surface area is 131 Å². The first-order valence-electron chi connectivity index (χ1n) is 6.97. The van der Waals surface area contributed by atoms with Crippen molar-refractivity contribution in [2.24, 2.45) is 5.73 Å². The van der Waals surface area contributed by atoms with Crippen LogP contribution in [0.15, 0.2) is 6.07 Å². The summed E-state index contributed by atoms with van der Waals surface area (Å²) in [5, 5.41) is 0. The second-order valence-electron chi connectivity index (χ2n) is 6.04. The third kappa shape index (κ3) is 2.60. The van der Waals surface area contributed by atoms with Gasteiger partial charge in [-0.15, -0.1) is 0 Å². The van der Waals surface area contributed by atoms with E-state index in [1.54, 1.807) is 4.90 Å². The number of hydrogen-bond donors (Lipinski definition) is 1. The van der Waals surface area contributed by atoms with Crippen LogP contribution in [0.1, 0.15) is 30.8 Å². The third-order valence-electron chi connectivity index (χ3n) is 4.05. The van der Waals surface area contributed by atoms with E-state index in [1.807, 2.05) is 40.8 Å². The van der Waals surface area contributed by atoms with Gasteiger partial charge in [-0.05, 0) is 33.8 Å². The Balaban J connectivity index is 2.61. The van der Waals surface area contributed by atoms with Gasteiger partial charge in [0.1, 0.15) is 10.5 Å². The monoisotopic (exact) mass is 306 g/mol. The summed E-state index contributed by atoms with van der Waals surface area (Å²) in [6.07, 6.45) is 0. The maximum atomic E-state index is 12.5. The Hall–Kier alpha value is -1.69. The fourth-order valence-electron chi connectivity index (χ4n) is 2.96. The highest BCUT2D eigenvalue weighted by atomic mass is 32.1. The largest absolute Gasteiger partial charge is 0.389 e. The van der Waals surface area contributed by atoms with E-state index in [2.05, 4.69) is 9.88 Å². The minimum Gasteiger partial charge on any atom is -0.389 e. The molecule has 0 bridgehead atoms. The number of hydrogen-bond acceptors (Lipinski definition) is 4. The lowest BCUT2D eigenvalue weighted by molar-refractivity contribution is -0.136. The number of carbonyl (C=O) groups excluding carboxylic acids is 1. The van der Waals surface area contributed by atoms with Gasteiger partial charge in [0.15, 0.2) is 0 Å². The summed E-state index contributed by atoms with van der Waals surface area (Å²) in [5.74, 6) is 0.0924. The molecule has 1 aliphatic rings. The van der Waals surface area contributed by atoms with Crippen LogP contribution in [0.5, 0.6) is 0 Å². The predicted octanol–water partition coefficient (Wildman–Crippen LogP) is 1.39. The number of aromatic nitrogens is 1. The Morgan fingerprint density at radius 1 is 1.38 bits per heavy atom. The van der Waals surface area contributed by atoms with Crippen LogP contribution >= 0.6 is 12.2 Å². The van der Waals surface area contributed by atoms with Crippen LogP contribution in [0.3, 0.4) is 0 Å². The van der Waals surface area contributed by atoms with Crippen LogP contribution in [0.4, 0.5) is 5.69 Å². The lowest BCUT2D eigenvalue weighted by Gasteiger charge is -2.46. The van der Waals surface area contributed by atoms with Gasteiger partial charge in [-0.2, -0.15) is 0 Å². The minimum atomic E-state index is -0.632. The minimum absolute atomic E-state index is 0.0924. The van der Waals surface area contributed by atoms with Gasteiger partial charge in [0, 0.05) is 31.5 Å². The van der Waals surface area contributed by atoms with E-state index in [9.17, 15) is 4.79 Å². The van der Waals surface area contributed by atoms with E-state index in [4.69, 9.17) is 18.0 Å². The van der Waals surface area contributed by atoms with Crippen molar-refractivity contribution in [2.75, 3.05) is 25.0 Å². The summed E-state index contributed by atoms with van der Waals surface area (Å²) in [7, 11) is 1.83. The number of rotatable bonds is 2. The average molecular weight is 306 g/mol. The number of likely N-dealkylation sites (N-methyl/N-ethyl adjacent to an activating group) is 1. The topological polar surface area (TPSA) is 62.5 Å². The zero-order chi connectivity index (χ0) is 15.9. The molecule has 1 aromatic rings. The van der Waals surface area contributed by atoms with Crippen molar-refractivity contribution in [1.82, 2.24) is 9.88 Å². The molecule has 2 N–H and O–H groups in total. The molecule has 114 valence electrons. The van der Waals surface area contributed by atoms with Crippen molar-refractivity contribution in [3.8, 4) is 0 Å². The van der Waals surface area contributed by atoms with Crippen molar-refractivity contribution >= 4 is 28.8 Å². The number of anilines is 1. The van der Waals surface area contributed by atoms with Crippen molar-refractivity contribution in [3.63, 3.8) is 0 Å². The fraction of sp³-hybridized carbons (Fsp3) is 0.533. The number of carbonyl (C=O) groups is 1. The van der Waals surface area contributed by atoms with Gasteiger partial charge in [0.05, 0.1) is 11.3 Å². The lowest BCUT2D eigenvalue weighted by Crippen LogP contribution is -2.62. The van der Waals surface area contributed by atoms with Gasteiger partial charge >= 0.3 is 0 Å². The molecular formula is C15H22N4OS. The molecule has 1 amide bonds. The molecule has 6 heteroatoms. The molecule has 0 atom stereocenters. The Kier molecular flexibility index (Phi) is 3.93. The molecule has 0 spiro atoms. The Morgan fingerprint density at radius 3 is 2.57 bits per heavy atom. The van der Waals surface area contributed by atoms with Crippen molar-refractivity contribution in [2.45, 2.75) is 33.2 Å². The van der Waals surface area contributed by atoms with E-state index in [0.29, 0.717) is 11.5 Å². The van der Waals surface area contributed by atoms with E-state index in [-0.39, 0.29) is 5.91 Å². The summed E-state index contributed by atoms with van der Waals surface area (Å²) in [5.41, 5.74) is 8.63. The summed E-state index contributed by atoms with van der Waals surface area (Å²) < 4.78 is 0. The summed E-state index contributed by atoms with van der Waals surface area (Å²) >= 11 is 5.19. The van der Waals surface area contributed by atoms with Gasteiger partial charge in [-0.25, -0.2) is 0 Å². The zero-order valence-electron chi connectivity index (χ0n) is 13.2. The highest BCUT2D eigenvalue weighted by Gasteiger charge is 2.41. The fourth-order valence-corrected chi connectivity index (χ4v) is 3.21. The van der Waals surface area contributed by atoms with Crippen LogP contribution in [-0.4, -0.2) is 46.5 Å². The number of pyridine rings is 1. The highest BCUT2D eigenvalue weighted by molar-refractivity contribution is 7.80. The molecule has 0 saturated carbocycles. The number of piperazine rings is 1. The molecule has 1 saturated heterocycles. The smallest absolute Gasteiger partial charge is 0.247 e. The van der Waals surface area contributed by atoms with E-state index < -0.39 is 5.54 Å². The molecular weight excluding hydrogens is 284 g/mol. The zero-order valence-corrected chi connectivity index (χ0v) is 14.0. The van der Waals surface area contributed by atoms with Crippen LogP contribution in [-0.2, 0) is 4.79 Å². The third-order valence-corrected chi connectivity index (χ3v) is 4.25. The molecule has 2 heterocycles. The van der Waals surface area contributed by atoms with Crippen LogP contribution in [0.2, 0.25) is 0 Å². The van der Waals surface area contributed by atoms with Gasteiger partial charge in [0.2, 0.25) is 5.91 Å². The van der Waals surface area contributed by atoms with Crippen molar-refractivity contribution in [3.05, 3.63) is 23.0 Å². The molecule has 1 aliphatic heterocycles. The molecule has 21 heavy (non-hydrogen) atoms. The number of nitrogens with zero attached hydrogens (tertiary/aromatic N) is 3. The molecule has 1 aromatic heterocycles. The first-order valence-corrected chi connectivity index (χ1v) is 7.38. The molecule has 2 rings (SSSR count). The van der Waals surface area contributed by atoms with Crippen molar-refractivity contribution < 1.29 is 4.79 Å². The molecule has 0 aromatic carbocycles. The second kappa shape index (κ2) is 5.26. The molecule has 0 unspecified atom stereocenters. The quantitative estimate of drug-likeness (QED) is 0.837. The SMILES string of the molecule is Cc1cc(N2CCN(C)C(=O)C2(C)C)c(C(N)=S)c(C)n1. The Bertz CT molecular complexity index is 612. The maximum Gasteiger partial charge on any atom is 0.247 e. The van der Waals surface area contributed by atoms with E-state index in [1.165, 1.54) is 0 Å². The first kappa shape index (κ1) is 15.7. The van der Waals surface area contributed by atoms with Crippen molar-refractivity contribution in [1.29, 1.82) is 0 Å². The maximum absolute atomic E-state index is 12.5. The summed E-state index contributed by atoms with van der Waals surface area (Å²) in [6.45, 7) is 9.12. The summed E-state index contributed by atoms with van der Waals surface area (Å²) in [4.78, 5) is 21.1. The summed E-state index contributed by atoms with van der Waals surface area (Å²) in [6, 6.07) is 1.96. The van der Waals surface area contributed by atoms with Gasteiger partial charge in [-0.3, -0.25) is 9.78 Å². The molecule has 0 aliphatic carbocycles. The van der Waals surface area contributed by atoms with E-state index >= 15 is 0 Å². The second-order valence-corrected chi connectivity index (χ2v) is 6.48. The Morgan fingerprint density at radius 2 is 2.00 bits per heavy atom. The number of nitrogens with two attached hydrogens (primary N) is 1. The van der Waals surface area contributed by atoms with Gasteiger partial charge < -0.3 is 15.5 Å². The van der Waals surface area contributed by atoms with Gasteiger partial charge in [-0.1, -0.05) is 12.2 Å². The normalized spacial score (nSPS) is 18.0. The number of amides is 1. The number of aryl methyl sites for hydroxylation is 2. The average Bonchev–Trinajstić information content (AvgIpc) is 2.34. The molecule has 1 fully saturated rings. The predicted molar refractivity (Wildman–Crippen MR) is 88.7 cm³/mol.